The number of halogens is 2. The number of H-pyrrole nitrogens is 1. The summed E-state index contributed by atoms with van der Waals surface area (Å²) in [5.41, 5.74) is 2.32. The van der Waals surface area contributed by atoms with Crippen LogP contribution in [0.3, 0.4) is 0 Å². The van der Waals surface area contributed by atoms with Crippen molar-refractivity contribution in [3.8, 4) is 11.5 Å². The van der Waals surface area contributed by atoms with Gasteiger partial charge in [0.05, 0.1) is 36.4 Å². The molecule has 1 fully saturated rings. The zero-order valence-corrected chi connectivity index (χ0v) is 21.8. The van der Waals surface area contributed by atoms with E-state index in [0.717, 1.165) is 16.6 Å². The fourth-order valence-electron chi connectivity index (χ4n) is 4.73. The number of fused-ring (bicyclic) bond motifs is 1. The average Bonchev–Trinajstić information content (AvgIpc) is 3.31. The van der Waals surface area contributed by atoms with Crippen molar-refractivity contribution in [1.82, 2.24) is 9.88 Å². The number of amides is 1. The van der Waals surface area contributed by atoms with Gasteiger partial charge in [-0.2, -0.15) is 0 Å². The average molecular weight is 533 g/mol. The maximum absolute atomic E-state index is 13.4. The van der Waals surface area contributed by atoms with E-state index < -0.39 is 23.5 Å². The number of methoxy groups -OCH3 is 3. The molecule has 10 heteroatoms. The van der Waals surface area contributed by atoms with Gasteiger partial charge >= 0.3 is 0 Å². The van der Waals surface area contributed by atoms with Crippen LogP contribution >= 0.6 is 23.2 Å². The van der Waals surface area contributed by atoms with Crippen LogP contribution < -0.4 is 9.47 Å². The maximum Gasteiger partial charge on any atom is 0.295 e. The molecule has 1 unspecified atom stereocenters. The Morgan fingerprint density at radius 2 is 1.81 bits per heavy atom. The smallest absolute Gasteiger partial charge is 0.295 e. The van der Waals surface area contributed by atoms with Gasteiger partial charge in [-0.05, 0) is 25.5 Å². The number of carbonyl (C=O) groups is 2. The number of para-hydroxylation sites is 1. The number of aromatic nitrogens is 1. The molecule has 2 N–H and O–H groups in total. The molecule has 1 aliphatic rings. The minimum absolute atomic E-state index is 0.0307. The maximum atomic E-state index is 13.4. The summed E-state index contributed by atoms with van der Waals surface area (Å²) in [4.78, 5) is 31.5. The van der Waals surface area contributed by atoms with Crippen molar-refractivity contribution < 1.29 is 28.9 Å². The Labute approximate surface area is 218 Å². The van der Waals surface area contributed by atoms with Crippen LogP contribution in [0.1, 0.15) is 29.3 Å². The number of aliphatic hydroxyl groups is 1. The second-order valence-electron chi connectivity index (χ2n) is 8.33. The Morgan fingerprint density at radius 3 is 2.47 bits per heavy atom. The first-order valence-electron chi connectivity index (χ1n) is 11.2. The number of ether oxygens (including phenoxy) is 3. The Hall–Kier alpha value is -3.20. The lowest BCUT2D eigenvalue weighted by Crippen LogP contribution is -2.31. The van der Waals surface area contributed by atoms with E-state index in [1.165, 1.54) is 25.2 Å². The fraction of sp³-hybridized carbons (Fsp3) is 0.308. The lowest BCUT2D eigenvalue weighted by molar-refractivity contribution is -0.140. The van der Waals surface area contributed by atoms with Crippen LogP contribution in [0.5, 0.6) is 11.5 Å². The third kappa shape index (κ3) is 4.19. The predicted octanol–water partition coefficient (Wildman–Crippen LogP) is 5.26. The van der Waals surface area contributed by atoms with Gasteiger partial charge in [-0.1, -0.05) is 41.4 Å². The summed E-state index contributed by atoms with van der Waals surface area (Å²) in [7, 11) is 4.34. The molecule has 3 aromatic rings. The molecule has 36 heavy (non-hydrogen) atoms. The summed E-state index contributed by atoms with van der Waals surface area (Å²) < 4.78 is 15.8. The van der Waals surface area contributed by atoms with Crippen molar-refractivity contribution in [3.05, 3.63) is 62.8 Å². The SMILES string of the molecule is COCCCN1C(=O)C(=O)/C(=C(/O)c2cc(Cl)c(OC)c(Cl)c2OC)C1c1c(C)[nH]c2ccccc12. The molecule has 190 valence electrons. The Morgan fingerprint density at radius 1 is 1.11 bits per heavy atom. The number of hydrogen-bond donors (Lipinski definition) is 2. The summed E-state index contributed by atoms with van der Waals surface area (Å²) in [6, 6.07) is 8.13. The summed E-state index contributed by atoms with van der Waals surface area (Å²) >= 11 is 12.8. The minimum atomic E-state index is -0.859. The largest absolute Gasteiger partial charge is 0.507 e. The predicted molar refractivity (Wildman–Crippen MR) is 138 cm³/mol. The number of ketones is 1. The molecule has 0 saturated carbocycles. The lowest BCUT2D eigenvalue weighted by Gasteiger charge is -2.26. The van der Waals surface area contributed by atoms with Crippen molar-refractivity contribution in [2.24, 2.45) is 0 Å². The zero-order chi connectivity index (χ0) is 26.1. The van der Waals surface area contributed by atoms with E-state index in [2.05, 4.69) is 4.98 Å². The second kappa shape index (κ2) is 10.4. The number of aryl methyl sites for hydroxylation is 1. The number of rotatable bonds is 8. The lowest BCUT2D eigenvalue weighted by atomic mass is 9.93. The minimum Gasteiger partial charge on any atom is -0.507 e. The molecule has 1 aromatic heterocycles. The first-order chi connectivity index (χ1) is 17.3. The van der Waals surface area contributed by atoms with Gasteiger partial charge in [0.2, 0.25) is 0 Å². The second-order valence-corrected chi connectivity index (χ2v) is 9.12. The number of likely N-dealkylation sites (tertiary alicyclic amines) is 1. The number of hydrogen-bond acceptors (Lipinski definition) is 6. The van der Waals surface area contributed by atoms with Crippen LogP contribution in [0.15, 0.2) is 35.9 Å². The molecule has 0 aliphatic carbocycles. The van der Waals surface area contributed by atoms with E-state index in [9.17, 15) is 14.7 Å². The monoisotopic (exact) mass is 532 g/mol. The van der Waals surface area contributed by atoms with E-state index in [0.29, 0.717) is 18.6 Å². The third-order valence-corrected chi connectivity index (χ3v) is 6.92. The van der Waals surface area contributed by atoms with E-state index >= 15 is 0 Å². The van der Waals surface area contributed by atoms with Crippen molar-refractivity contribution >= 4 is 51.6 Å². The Bertz CT molecular complexity index is 1380. The van der Waals surface area contributed by atoms with Gasteiger partial charge < -0.3 is 29.2 Å². The van der Waals surface area contributed by atoms with Gasteiger partial charge in [0.25, 0.3) is 11.7 Å². The van der Waals surface area contributed by atoms with E-state index in [4.69, 9.17) is 37.4 Å². The third-order valence-electron chi connectivity index (χ3n) is 6.30. The van der Waals surface area contributed by atoms with Crippen molar-refractivity contribution in [1.29, 1.82) is 0 Å². The number of nitrogens with zero attached hydrogens (tertiary/aromatic N) is 1. The number of nitrogens with one attached hydrogen (secondary N) is 1. The molecular weight excluding hydrogens is 507 g/mol. The van der Waals surface area contributed by atoms with Crippen LogP contribution in [0.4, 0.5) is 0 Å². The van der Waals surface area contributed by atoms with Gasteiger partial charge in [0.15, 0.2) is 11.5 Å². The standard InChI is InChI=1S/C26H26Cl2N2O6/c1-13-18(14-8-5-6-9-17(14)29-13)21-19(23(32)26(33)30(21)10-7-11-34-2)22(31)15-12-16(27)25(36-4)20(28)24(15)35-3/h5-6,8-9,12,21,29,31H,7,10-11H2,1-4H3/b22-19+. The highest BCUT2D eigenvalue weighted by molar-refractivity contribution is 6.47. The van der Waals surface area contributed by atoms with Crippen LogP contribution in [0.25, 0.3) is 16.7 Å². The number of carbonyl (C=O) groups excluding carboxylic acids is 2. The molecule has 0 radical (unpaired) electrons. The van der Waals surface area contributed by atoms with Crippen LogP contribution in [0, 0.1) is 6.92 Å². The molecule has 0 spiro atoms. The number of Topliss-reactive ketones (excluding diaryl/α,β-unsaturated/α-hetero) is 1. The molecular formula is C26H26Cl2N2O6. The van der Waals surface area contributed by atoms with Crippen LogP contribution in [0.2, 0.25) is 10.0 Å². The highest BCUT2D eigenvalue weighted by atomic mass is 35.5. The summed E-state index contributed by atoms with van der Waals surface area (Å²) in [6.45, 7) is 2.52. The van der Waals surface area contributed by atoms with E-state index in [-0.39, 0.29) is 39.2 Å². The van der Waals surface area contributed by atoms with Gasteiger partial charge in [0.1, 0.15) is 10.8 Å². The van der Waals surface area contributed by atoms with Gasteiger partial charge in [-0.15, -0.1) is 0 Å². The summed E-state index contributed by atoms with van der Waals surface area (Å²) in [5.74, 6) is -1.75. The first-order valence-corrected chi connectivity index (χ1v) is 12.0. The molecule has 4 rings (SSSR count). The quantitative estimate of drug-likeness (QED) is 0.177. The molecule has 1 aliphatic heterocycles. The van der Waals surface area contributed by atoms with Gasteiger partial charge in [-0.3, -0.25) is 9.59 Å². The van der Waals surface area contributed by atoms with E-state index in [1.807, 2.05) is 31.2 Å². The Balaban J connectivity index is 2.01. The van der Waals surface area contributed by atoms with Crippen molar-refractivity contribution in [2.75, 3.05) is 34.5 Å². The molecule has 1 amide bonds. The topological polar surface area (TPSA) is 101 Å². The zero-order valence-electron chi connectivity index (χ0n) is 20.3. The Kier molecular flexibility index (Phi) is 7.49. The molecule has 1 saturated heterocycles. The van der Waals surface area contributed by atoms with Crippen LogP contribution in [-0.2, 0) is 14.3 Å². The van der Waals surface area contributed by atoms with Crippen molar-refractivity contribution in [2.45, 2.75) is 19.4 Å². The molecule has 2 heterocycles. The molecule has 0 bridgehead atoms. The molecule has 2 aromatic carbocycles. The van der Waals surface area contributed by atoms with Gasteiger partial charge in [0, 0.05) is 42.4 Å². The number of benzene rings is 2. The number of aromatic amines is 1. The highest BCUT2D eigenvalue weighted by Gasteiger charge is 2.47. The van der Waals surface area contributed by atoms with Crippen molar-refractivity contribution in [3.63, 3.8) is 0 Å². The summed E-state index contributed by atoms with van der Waals surface area (Å²) in [5, 5.41) is 12.5. The molecule has 8 nitrogen and oxygen atoms in total. The summed E-state index contributed by atoms with van der Waals surface area (Å²) in [6.07, 6.45) is 0.505. The van der Waals surface area contributed by atoms with Crippen LogP contribution in [-0.4, -0.2) is 61.2 Å². The highest BCUT2D eigenvalue weighted by Crippen LogP contribution is 2.48. The number of aliphatic hydroxyl groups excluding tert-OH is 1. The first kappa shape index (κ1) is 25.9. The van der Waals surface area contributed by atoms with E-state index in [1.54, 1.807) is 7.11 Å². The normalized spacial score (nSPS) is 17.3. The van der Waals surface area contributed by atoms with Gasteiger partial charge in [-0.25, -0.2) is 0 Å². The fourth-order valence-corrected chi connectivity index (χ4v) is 5.42. The molecule has 1 atom stereocenters.